The number of aryl methyl sites for hydroxylation is 1. The van der Waals surface area contributed by atoms with Crippen molar-refractivity contribution >= 4 is 11.7 Å². The highest BCUT2D eigenvalue weighted by Gasteiger charge is 2.38. The predicted molar refractivity (Wildman–Crippen MR) is 77.0 cm³/mol. The second-order valence-corrected chi connectivity index (χ2v) is 5.81. The van der Waals surface area contributed by atoms with Crippen molar-refractivity contribution in [1.82, 2.24) is 10.1 Å². The minimum absolute atomic E-state index is 0.0600. The standard InChI is InChI=1S/C14H22N4O3/c1-8(2)12(11-7-9(3)17-21-11)14(19)18-6-4-5-10(18)13(15)16-20/h7-8,10,12,20H,4-6H2,1-3H3,(H2,15,16). The molecule has 0 bridgehead atoms. The molecule has 2 rings (SSSR count). The highest BCUT2D eigenvalue weighted by Crippen LogP contribution is 2.30. The van der Waals surface area contributed by atoms with E-state index in [1.807, 2.05) is 20.8 Å². The number of amidine groups is 1. The SMILES string of the molecule is Cc1cc(C(C(=O)N2CCCC2/C(N)=N/O)C(C)C)on1. The molecule has 7 heteroatoms. The van der Waals surface area contributed by atoms with Gasteiger partial charge in [0, 0.05) is 12.6 Å². The molecule has 0 saturated carbocycles. The van der Waals surface area contributed by atoms with E-state index in [0.717, 1.165) is 12.1 Å². The Hall–Kier alpha value is -2.05. The maximum absolute atomic E-state index is 12.9. The van der Waals surface area contributed by atoms with Crippen molar-refractivity contribution in [2.75, 3.05) is 6.54 Å². The lowest BCUT2D eigenvalue weighted by molar-refractivity contribution is -0.134. The van der Waals surface area contributed by atoms with Crippen LogP contribution in [-0.4, -0.2) is 39.6 Å². The number of hydrogen-bond acceptors (Lipinski definition) is 5. The van der Waals surface area contributed by atoms with Gasteiger partial charge < -0.3 is 20.4 Å². The van der Waals surface area contributed by atoms with Crippen molar-refractivity contribution in [3.8, 4) is 0 Å². The highest BCUT2D eigenvalue weighted by molar-refractivity contribution is 5.92. The quantitative estimate of drug-likeness (QED) is 0.378. The lowest BCUT2D eigenvalue weighted by atomic mass is 9.91. The van der Waals surface area contributed by atoms with Crippen LogP contribution in [0, 0.1) is 12.8 Å². The summed E-state index contributed by atoms with van der Waals surface area (Å²) in [5, 5.41) is 15.8. The minimum Gasteiger partial charge on any atom is -0.409 e. The molecule has 1 saturated heterocycles. The smallest absolute Gasteiger partial charge is 0.234 e. The molecule has 21 heavy (non-hydrogen) atoms. The van der Waals surface area contributed by atoms with Crippen LogP contribution in [0.2, 0.25) is 0 Å². The van der Waals surface area contributed by atoms with E-state index in [4.69, 9.17) is 15.5 Å². The van der Waals surface area contributed by atoms with E-state index in [1.165, 1.54) is 0 Å². The Morgan fingerprint density at radius 3 is 2.86 bits per heavy atom. The molecule has 0 radical (unpaired) electrons. The van der Waals surface area contributed by atoms with E-state index in [2.05, 4.69) is 10.3 Å². The maximum Gasteiger partial charge on any atom is 0.234 e. The highest BCUT2D eigenvalue weighted by atomic mass is 16.5. The molecule has 3 N–H and O–H groups in total. The zero-order valence-corrected chi connectivity index (χ0v) is 12.6. The number of hydrogen-bond donors (Lipinski definition) is 2. The van der Waals surface area contributed by atoms with Gasteiger partial charge in [-0.05, 0) is 25.7 Å². The summed E-state index contributed by atoms with van der Waals surface area (Å²) < 4.78 is 5.28. The van der Waals surface area contributed by atoms with E-state index < -0.39 is 5.92 Å². The number of rotatable bonds is 4. The van der Waals surface area contributed by atoms with Crippen LogP contribution in [0.15, 0.2) is 15.7 Å². The summed E-state index contributed by atoms with van der Waals surface area (Å²) in [6, 6.07) is 1.45. The van der Waals surface area contributed by atoms with Crippen molar-refractivity contribution in [2.24, 2.45) is 16.8 Å². The third kappa shape index (κ3) is 3.01. The monoisotopic (exact) mass is 294 g/mol. The van der Waals surface area contributed by atoms with Gasteiger partial charge in [-0.15, -0.1) is 0 Å². The summed E-state index contributed by atoms with van der Waals surface area (Å²) in [5.41, 5.74) is 6.44. The first-order chi connectivity index (χ1) is 9.95. The van der Waals surface area contributed by atoms with Gasteiger partial charge in [0.1, 0.15) is 11.7 Å². The molecule has 2 atom stereocenters. The number of likely N-dealkylation sites (tertiary alicyclic amines) is 1. The Kier molecular flexibility index (Phi) is 4.50. The summed E-state index contributed by atoms with van der Waals surface area (Å²) >= 11 is 0. The van der Waals surface area contributed by atoms with Crippen LogP contribution in [0.5, 0.6) is 0 Å². The molecule has 1 amide bonds. The normalized spacial score (nSPS) is 21.0. The van der Waals surface area contributed by atoms with Crippen LogP contribution in [0.1, 0.15) is 44.1 Å². The molecule has 0 aliphatic carbocycles. The number of nitrogens with zero attached hydrogens (tertiary/aromatic N) is 3. The minimum atomic E-state index is -0.404. The molecule has 7 nitrogen and oxygen atoms in total. The number of carbonyl (C=O) groups excluding carboxylic acids is 1. The van der Waals surface area contributed by atoms with Crippen LogP contribution < -0.4 is 5.73 Å². The zero-order chi connectivity index (χ0) is 15.6. The Morgan fingerprint density at radius 2 is 2.33 bits per heavy atom. The van der Waals surface area contributed by atoms with Crippen molar-refractivity contribution in [1.29, 1.82) is 0 Å². The first kappa shape index (κ1) is 15.3. The van der Waals surface area contributed by atoms with Gasteiger partial charge in [-0.25, -0.2) is 0 Å². The number of carbonyl (C=O) groups is 1. The van der Waals surface area contributed by atoms with Crippen LogP contribution in [0.4, 0.5) is 0 Å². The molecule has 0 spiro atoms. The van der Waals surface area contributed by atoms with Crippen LogP contribution >= 0.6 is 0 Å². The van der Waals surface area contributed by atoms with Gasteiger partial charge in [-0.2, -0.15) is 0 Å². The Morgan fingerprint density at radius 1 is 1.62 bits per heavy atom. The van der Waals surface area contributed by atoms with Crippen molar-refractivity contribution in [3.05, 3.63) is 17.5 Å². The van der Waals surface area contributed by atoms with Crippen molar-refractivity contribution < 1.29 is 14.5 Å². The zero-order valence-electron chi connectivity index (χ0n) is 12.6. The van der Waals surface area contributed by atoms with Crippen LogP contribution in [-0.2, 0) is 4.79 Å². The summed E-state index contributed by atoms with van der Waals surface area (Å²) in [4.78, 5) is 14.6. The van der Waals surface area contributed by atoms with Gasteiger partial charge in [-0.3, -0.25) is 4.79 Å². The third-order valence-corrected chi connectivity index (χ3v) is 3.88. The Bertz CT molecular complexity index is 538. The van der Waals surface area contributed by atoms with Gasteiger partial charge in [0.15, 0.2) is 5.84 Å². The van der Waals surface area contributed by atoms with Gasteiger partial charge in [0.05, 0.1) is 11.7 Å². The van der Waals surface area contributed by atoms with E-state index in [0.29, 0.717) is 18.7 Å². The number of oxime groups is 1. The molecular weight excluding hydrogens is 272 g/mol. The number of nitrogens with two attached hydrogens (primary N) is 1. The molecule has 1 fully saturated rings. The average Bonchev–Trinajstić information content (AvgIpc) is 3.06. The molecule has 1 aliphatic rings. The lowest BCUT2D eigenvalue weighted by Crippen LogP contribution is -2.46. The average molecular weight is 294 g/mol. The molecule has 1 aromatic rings. The van der Waals surface area contributed by atoms with Gasteiger partial charge >= 0.3 is 0 Å². The second kappa shape index (κ2) is 6.15. The number of aromatic nitrogens is 1. The molecule has 0 aromatic carbocycles. The summed E-state index contributed by atoms with van der Waals surface area (Å²) in [7, 11) is 0. The van der Waals surface area contributed by atoms with Crippen molar-refractivity contribution in [3.63, 3.8) is 0 Å². The Balaban J connectivity index is 2.26. The maximum atomic E-state index is 12.9. The Labute approximate surface area is 123 Å². The number of amides is 1. The van der Waals surface area contributed by atoms with E-state index >= 15 is 0 Å². The fourth-order valence-corrected chi connectivity index (χ4v) is 2.85. The van der Waals surface area contributed by atoms with Gasteiger partial charge in [0.2, 0.25) is 5.91 Å². The summed E-state index contributed by atoms with van der Waals surface area (Å²) in [6.45, 7) is 6.37. The molecule has 1 aromatic heterocycles. The first-order valence-electron chi connectivity index (χ1n) is 7.16. The fourth-order valence-electron chi connectivity index (χ4n) is 2.85. The molecule has 1 aliphatic heterocycles. The fraction of sp³-hybridized carbons (Fsp3) is 0.643. The summed E-state index contributed by atoms with van der Waals surface area (Å²) in [6.07, 6.45) is 1.55. The summed E-state index contributed by atoms with van der Waals surface area (Å²) in [5.74, 6) is 0.252. The van der Waals surface area contributed by atoms with E-state index in [-0.39, 0.29) is 23.7 Å². The van der Waals surface area contributed by atoms with Crippen LogP contribution in [0.3, 0.4) is 0 Å². The first-order valence-corrected chi connectivity index (χ1v) is 7.16. The lowest BCUT2D eigenvalue weighted by Gasteiger charge is -2.28. The van der Waals surface area contributed by atoms with Crippen molar-refractivity contribution in [2.45, 2.75) is 45.6 Å². The van der Waals surface area contributed by atoms with Crippen LogP contribution in [0.25, 0.3) is 0 Å². The molecule has 2 heterocycles. The van der Waals surface area contributed by atoms with Gasteiger partial charge in [0.25, 0.3) is 0 Å². The molecule has 2 unspecified atom stereocenters. The molecule has 116 valence electrons. The van der Waals surface area contributed by atoms with E-state index in [1.54, 1.807) is 11.0 Å². The largest absolute Gasteiger partial charge is 0.409 e. The second-order valence-electron chi connectivity index (χ2n) is 5.81. The van der Waals surface area contributed by atoms with E-state index in [9.17, 15) is 4.79 Å². The molecular formula is C14H22N4O3. The third-order valence-electron chi connectivity index (χ3n) is 3.88. The predicted octanol–water partition coefficient (Wildman–Crippen LogP) is 1.46. The van der Waals surface area contributed by atoms with Gasteiger partial charge in [-0.1, -0.05) is 24.2 Å². The topological polar surface area (TPSA) is 105 Å².